The van der Waals surface area contributed by atoms with Crippen molar-refractivity contribution in [3.8, 4) is 0 Å². The van der Waals surface area contributed by atoms with Gasteiger partial charge in [-0.3, -0.25) is 5.41 Å². The molecule has 1 heterocycles. The van der Waals surface area contributed by atoms with Crippen LogP contribution in [0.3, 0.4) is 0 Å². The zero-order chi connectivity index (χ0) is 15.8. The first-order chi connectivity index (χ1) is 9.71. The van der Waals surface area contributed by atoms with Gasteiger partial charge < -0.3 is 10.6 Å². The van der Waals surface area contributed by atoms with Crippen molar-refractivity contribution in [1.82, 2.24) is 4.90 Å². The number of hydrogen-bond donors (Lipinski definition) is 2. The van der Waals surface area contributed by atoms with Crippen LogP contribution in [0.1, 0.15) is 53.4 Å². The predicted octanol–water partition coefficient (Wildman–Crippen LogP) is 3.66. The van der Waals surface area contributed by atoms with Crippen molar-refractivity contribution in [3.05, 3.63) is 22.9 Å². The van der Waals surface area contributed by atoms with Crippen LogP contribution in [0.2, 0.25) is 0 Å². The Bertz CT molecular complexity index is 531. The van der Waals surface area contributed by atoms with Crippen LogP contribution in [0.25, 0.3) is 0 Å². The van der Waals surface area contributed by atoms with Crippen LogP contribution in [0.15, 0.2) is 27.9 Å². The minimum Gasteiger partial charge on any atom is -0.370 e. The van der Waals surface area contributed by atoms with Gasteiger partial charge in [0.15, 0.2) is 5.96 Å². The number of aliphatic imine (C=N–C) groups is 1. The normalized spacial score (nSPS) is 23.0. The van der Waals surface area contributed by atoms with Crippen LogP contribution in [-0.2, 0) is 0 Å². The van der Waals surface area contributed by atoms with Crippen molar-refractivity contribution in [1.29, 1.82) is 5.41 Å². The van der Waals surface area contributed by atoms with E-state index in [0.29, 0.717) is 5.92 Å². The average Bonchev–Trinajstić information content (AvgIpc) is 2.56. The van der Waals surface area contributed by atoms with E-state index in [4.69, 9.17) is 16.1 Å². The second-order valence-electron chi connectivity index (χ2n) is 7.21. The maximum Gasteiger partial charge on any atom is 0.193 e. The third-order valence-electron chi connectivity index (χ3n) is 4.68. The fourth-order valence-corrected chi connectivity index (χ4v) is 3.41. The Morgan fingerprint density at radius 2 is 2.10 bits per heavy atom. The number of amidine groups is 1. The molecular weight excluding hydrogens is 260 g/mol. The van der Waals surface area contributed by atoms with Crippen LogP contribution in [0.5, 0.6) is 0 Å². The summed E-state index contributed by atoms with van der Waals surface area (Å²) < 4.78 is 0. The van der Waals surface area contributed by atoms with E-state index in [-0.39, 0.29) is 11.4 Å². The maximum absolute atomic E-state index is 7.60. The van der Waals surface area contributed by atoms with Gasteiger partial charge in [-0.25, -0.2) is 4.99 Å². The molecule has 4 nitrogen and oxygen atoms in total. The summed E-state index contributed by atoms with van der Waals surface area (Å²) in [6.07, 6.45) is 6.67. The van der Waals surface area contributed by atoms with Gasteiger partial charge in [0.2, 0.25) is 0 Å². The molecule has 1 fully saturated rings. The van der Waals surface area contributed by atoms with Gasteiger partial charge >= 0.3 is 0 Å². The molecule has 1 unspecified atom stereocenters. The zero-order valence-electron chi connectivity index (χ0n) is 14.0. The molecular formula is C17H28N4. The van der Waals surface area contributed by atoms with Gasteiger partial charge in [-0.2, -0.15) is 0 Å². The lowest BCUT2D eigenvalue weighted by Crippen LogP contribution is -2.37. The molecule has 0 bridgehead atoms. The Balaban J connectivity index is 2.41. The summed E-state index contributed by atoms with van der Waals surface area (Å²) in [5.41, 5.74) is 9.85. The van der Waals surface area contributed by atoms with Crippen LogP contribution in [0.4, 0.5) is 0 Å². The Labute approximate surface area is 128 Å². The van der Waals surface area contributed by atoms with E-state index in [1.807, 2.05) is 7.05 Å². The molecule has 0 radical (unpaired) electrons. The molecule has 0 aromatic heterocycles. The molecule has 21 heavy (non-hydrogen) atoms. The number of fused-ring (bicyclic) bond motifs is 1. The molecule has 1 aliphatic carbocycles. The fraction of sp³-hybridized carbons (Fsp3) is 0.647. The van der Waals surface area contributed by atoms with Gasteiger partial charge in [0.25, 0.3) is 0 Å². The van der Waals surface area contributed by atoms with Crippen LogP contribution >= 0.6 is 0 Å². The van der Waals surface area contributed by atoms with Gasteiger partial charge in [-0.05, 0) is 48.7 Å². The minimum atomic E-state index is 0.0437. The average molecular weight is 288 g/mol. The van der Waals surface area contributed by atoms with Gasteiger partial charge in [0.1, 0.15) is 5.84 Å². The molecule has 2 aliphatic rings. The molecule has 0 spiro atoms. The highest BCUT2D eigenvalue weighted by atomic mass is 15.2. The number of nitrogens with one attached hydrogen (secondary N) is 1. The standard InChI is InChI=1S/C17H28N4/c1-11-12-7-6-8-14(17(2,3)4)13(12)9-10-15(20-11)21(5)16(18)19/h9,14H,6-8,10H2,1-5H3,(H3,18,19). The smallest absolute Gasteiger partial charge is 0.193 e. The third kappa shape index (κ3) is 3.20. The van der Waals surface area contributed by atoms with E-state index in [2.05, 4.69) is 33.8 Å². The Morgan fingerprint density at radius 1 is 1.43 bits per heavy atom. The summed E-state index contributed by atoms with van der Waals surface area (Å²) in [5.74, 6) is 1.50. The van der Waals surface area contributed by atoms with Crippen molar-refractivity contribution in [2.45, 2.75) is 53.4 Å². The van der Waals surface area contributed by atoms with E-state index < -0.39 is 0 Å². The van der Waals surface area contributed by atoms with Gasteiger partial charge in [0, 0.05) is 19.2 Å². The molecule has 1 saturated carbocycles. The molecule has 0 aromatic rings. The van der Waals surface area contributed by atoms with Crippen LogP contribution in [0, 0.1) is 16.7 Å². The van der Waals surface area contributed by atoms with E-state index in [0.717, 1.165) is 24.4 Å². The van der Waals surface area contributed by atoms with Crippen molar-refractivity contribution >= 4 is 11.8 Å². The topological polar surface area (TPSA) is 65.5 Å². The maximum atomic E-state index is 7.60. The highest BCUT2D eigenvalue weighted by Crippen LogP contribution is 2.45. The molecule has 0 saturated heterocycles. The summed E-state index contributed by atoms with van der Waals surface area (Å²) in [4.78, 5) is 6.42. The minimum absolute atomic E-state index is 0.0437. The Kier molecular flexibility index (Phi) is 4.26. The molecule has 116 valence electrons. The van der Waals surface area contributed by atoms with Crippen LogP contribution in [-0.4, -0.2) is 23.7 Å². The first-order valence-corrected chi connectivity index (χ1v) is 7.77. The molecule has 1 aliphatic heterocycles. The summed E-state index contributed by atoms with van der Waals surface area (Å²) in [7, 11) is 1.81. The van der Waals surface area contributed by atoms with Crippen molar-refractivity contribution in [2.24, 2.45) is 22.1 Å². The lowest BCUT2D eigenvalue weighted by Gasteiger charge is -2.37. The number of guanidine groups is 1. The zero-order valence-corrected chi connectivity index (χ0v) is 14.0. The summed E-state index contributed by atoms with van der Waals surface area (Å²) in [6.45, 7) is 9.06. The first kappa shape index (κ1) is 15.8. The van der Waals surface area contributed by atoms with Crippen molar-refractivity contribution in [2.75, 3.05) is 7.05 Å². The number of hydrogen-bond acceptors (Lipinski definition) is 2. The summed E-state index contributed by atoms with van der Waals surface area (Å²) in [6, 6.07) is 0. The van der Waals surface area contributed by atoms with Gasteiger partial charge in [-0.1, -0.05) is 26.8 Å². The van der Waals surface area contributed by atoms with Gasteiger partial charge in [0.05, 0.1) is 0 Å². The lowest BCUT2D eigenvalue weighted by molar-refractivity contribution is 0.250. The number of allylic oxidation sites excluding steroid dienone is 3. The number of nitrogens with zero attached hydrogens (tertiary/aromatic N) is 2. The second-order valence-corrected chi connectivity index (χ2v) is 7.21. The number of nitrogens with two attached hydrogens (primary N) is 1. The van der Waals surface area contributed by atoms with Crippen molar-refractivity contribution in [3.63, 3.8) is 0 Å². The van der Waals surface area contributed by atoms with E-state index in [1.165, 1.54) is 24.0 Å². The molecule has 3 N–H and O–H groups in total. The third-order valence-corrected chi connectivity index (χ3v) is 4.68. The van der Waals surface area contributed by atoms with Crippen LogP contribution < -0.4 is 5.73 Å². The highest BCUT2D eigenvalue weighted by Gasteiger charge is 2.33. The van der Waals surface area contributed by atoms with E-state index >= 15 is 0 Å². The highest BCUT2D eigenvalue weighted by molar-refractivity contribution is 5.99. The molecule has 2 rings (SSSR count). The lowest BCUT2D eigenvalue weighted by atomic mass is 9.67. The summed E-state index contributed by atoms with van der Waals surface area (Å²) in [5, 5.41) is 7.60. The van der Waals surface area contributed by atoms with Gasteiger partial charge in [-0.15, -0.1) is 0 Å². The second kappa shape index (κ2) is 5.66. The fourth-order valence-electron chi connectivity index (χ4n) is 3.41. The first-order valence-electron chi connectivity index (χ1n) is 7.77. The monoisotopic (exact) mass is 288 g/mol. The quantitative estimate of drug-likeness (QED) is 0.527. The van der Waals surface area contributed by atoms with Crippen molar-refractivity contribution < 1.29 is 0 Å². The Morgan fingerprint density at radius 3 is 2.67 bits per heavy atom. The van der Waals surface area contributed by atoms with E-state index in [9.17, 15) is 0 Å². The Hall–Kier alpha value is -1.58. The SMILES string of the molecule is CC1=C2CCCC(C(C)(C)C)C2=CCC(N(C)C(=N)N)=N1. The molecule has 0 amide bonds. The predicted molar refractivity (Wildman–Crippen MR) is 89.3 cm³/mol. The molecule has 4 heteroatoms. The number of rotatable bonds is 0. The molecule has 1 atom stereocenters. The largest absolute Gasteiger partial charge is 0.370 e. The van der Waals surface area contributed by atoms with E-state index in [1.54, 1.807) is 4.90 Å². The summed E-state index contributed by atoms with van der Waals surface area (Å²) >= 11 is 0. The molecule has 0 aromatic carbocycles.